The van der Waals surface area contributed by atoms with Crippen LogP contribution in [0.3, 0.4) is 0 Å². The first-order valence-corrected chi connectivity index (χ1v) is 10.0. The zero-order valence-corrected chi connectivity index (χ0v) is 16.1. The molecule has 1 aromatic carbocycles. The molecule has 1 aromatic heterocycles. The fraction of sp³-hybridized carbons (Fsp3) is 0.478. The van der Waals surface area contributed by atoms with Gasteiger partial charge < -0.3 is 9.72 Å². The summed E-state index contributed by atoms with van der Waals surface area (Å²) in [6.45, 7) is 4.10. The number of benzene rings is 1. The highest BCUT2D eigenvalue weighted by Crippen LogP contribution is 2.35. The Morgan fingerprint density at radius 3 is 2.48 bits per heavy atom. The molecule has 0 bridgehead atoms. The quantitative estimate of drug-likeness (QED) is 0.781. The third kappa shape index (κ3) is 3.58. The SMILES string of the molecule is Cc1c(C(=O)OC2CCC(C)CC2)[nH]c2c1C(=O)C[C@@H](c1ccccc1)C2. The first kappa shape index (κ1) is 18.0. The van der Waals surface area contributed by atoms with E-state index in [9.17, 15) is 9.59 Å². The highest BCUT2D eigenvalue weighted by molar-refractivity contribution is 6.03. The van der Waals surface area contributed by atoms with Crippen molar-refractivity contribution >= 4 is 11.8 Å². The summed E-state index contributed by atoms with van der Waals surface area (Å²) < 4.78 is 5.75. The van der Waals surface area contributed by atoms with Gasteiger partial charge in [0.1, 0.15) is 11.8 Å². The molecule has 142 valence electrons. The van der Waals surface area contributed by atoms with Gasteiger partial charge in [-0.05, 0) is 62.0 Å². The number of ketones is 1. The number of aromatic nitrogens is 1. The lowest BCUT2D eigenvalue weighted by Gasteiger charge is -2.25. The first-order chi connectivity index (χ1) is 13.0. The van der Waals surface area contributed by atoms with Gasteiger partial charge in [0, 0.05) is 17.7 Å². The molecule has 1 heterocycles. The number of hydrogen-bond donors (Lipinski definition) is 1. The summed E-state index contributed by atoms with van der Waals surface area (Å²) >= 11 is 0. The van der Waals surface area contributed by atoms with Crippen LogP contribution in [0, 0.1) is 12.8 Å². The lowest BCUT2D eigenvalue weighted by Crippen LogP contribution is -2.24. The third-order valence-electron chi connectivity index (χ3n) is 6.20. The van der Waals surface area contributed by atoms with E-state index in [4.69, 9.17) is 4.74 Å². The van der Waals surface area contributed by atoms with E-state index in [0.29, 0.717) is 23.6 Å². The predicted octanol–water partition coefficient (Wildman–Crippen LogP) is 4.97. The van der Waals surface area contributed by atoms with E-state index in [0.717, 1.165) is 43.4 Å². The molecule has 2 aliphatic carbocycles. The summed E-state index contributed by atoms with van der Waals surface area (Å²) in [5.41, 5.74) is 3.95. The number of nitrogens with one attached hydrogen (secondary N) is 1. The molecular weight excluding hydrogens is 338 g/mol. The number of carbonyl (C=O) groups is 2. The second-order valence-electron chi connectivity index (χ2n) is 8.20. The van der Waals surface area contributed by atoms with E-state index < -0.39 is 0 Å². The number of carbonyl (C=O) groups excluding carboxylic acids is 2. The standard InChI is InChI=1S/C23H27NO3/c1-14-8-10-18(11-9-14)27-23(26)22-15(2)21-19(24-22)12-17(13-20(21)25)16-6-4-3-5-7-16/h3-7,14,17-18,24H,8-13H2,1-2H3/t14?,17-,18?/m0/s1. The van der Waals surface area contributed by atoms with Gasteiger partial charge in [-0.25, -0.2) is 4.79 Å². The third-order valence-corrected chi connectivity index (χ3v) is 6.20. The van der Waals surface area contributed by atoms with Crippen LogP contribution in [-0.4, -0.2) is 22.8 Å². The van der Waals surface area contributed by atoms with Crippen LogP contribution in [0.5, 0.6) is 0 Å². The Hall–Kier alpha value is -2.36. The van der Waals surface area contributed by atoms with Crippen molar-refractivity contribution in [2.24, 2.45) is 5.92 Å². The molecule has 0 radical (unpaired) electrons. The smallest absolute Gasteiger partial charge is 0.355 e. The molecule has 0 amide bonds. The van der Waals surface area contributed by atoms with E-state index in [1.807, 2.05) is 25.1 Å². The number of Topliss-reactive ketones (excluding diaryl/α,β-unsaturated/α-hetero) is 1. The number of rotatable bonds is 3. The van der Waals surface area contributed by atoms with E-state index in [-0.39, 0.29) is 23.8 Å². The minimum absolute atomic E-state index is 0.00111. The Kier molecular flexibility index (Phi) is 4.90. The molecule has 4 heteroatoms. The molecule has 4 rings (SSSR count). The molecule has 1 N–H and O–H groups in total. The number of fused-ring (bicyclic) bond motifs is 1. The van der Waals surface area contributed by atoms with Crippen LogP contribution < -0.4 is 0 Å². The van der Waals surface area contributed by atoms with Gasteiger partial charge in [0.05, 0.1) is 0 Å². The van der Waals surface area contributed by atoms with Gasteiger partial charge in [0.15, 0.2) is 5.78 Å². The molecule has 0 saturated heterocycles. The summed E-state index contributed by atoms with van der Waals surface area (Å²) in [5, 5.41) is 0. The molecule has 0 spiro atoms. The topological polar surface area (TPSA) is 59.2 Å². The van der Waals surface area contributed by atoms with Crippen LogP contribution >= 0.6 is 0 Å². The van der Waals surface area contributed by atoms with Crippen LogP contribution in [0.25, 0.3) is 0 Å². The second-order valence-corrected chi connectivity index (χ2v) is 8.20. The van der Waals surface area contributed by atoms with Crippen molar-refractivity contribution < 1.29 is 14.3 Å². The van der Waals surface area contributed by atoms with E-state index in [2.05, 4.69) is 24.0 Å². The average Bonchev–Trinajstić information content (AvgIpc) is 3.01. The molecule has 2 aromatic rings. The highest BCUT2D eigenvalue weighted by atomic mass is 16.5. The zero-order chi connectivity index (χ0) is 19.0. The summed E-state index contributed by atoms with van der Waals surface area (Å²) in [4.78, 5) is 28.7. The number of esters is 1. The molecular formula is C23H27NO3. The summed E-state index contributed by atoms with van der Waals surface area (Å²) in [7, 11) is 0. The van der Waals surface area contributed by atoms with Crippen molar-refractivity contribution in [3.63, 3.8) is 0 Å². The largest absolute Gasteiger partial charge is 0.458 e. The van der Waals surface area contributed by atoms with Crippen LogP contribution in [0.4, 0.5) is 0 Å². The second kappa shape index (κ2) is 7.34. The maximum atomic E-state index is 12.8. The van der Waals surface area contributed by atoms with Crippen LogP contribution in [0.15, 0.2) is 30.3 Å². The van der Waals surface area contributed by atoms with Crippen LogP contribution in [0.1, 0.15) is 82.6 Å². The minimum Gasteiger partial charge on any atom is -0.458 e. The predicted molar refractivity (Wildman–Crippen MR) is 104 cm³/mol. The monoisotopic (exact) mass is 365 g/mol. The van der Waals surface area contributed by atoms with Gasteiger partial charge in [-0.1, -0.05) is 37.3 Å². The van der Waals surface area contributed by atoms with Gasteiger partial charge in [0.2, 0.25) is 0 Å². The molecule has 1 fully saturated rings. The molecule has 27 heavy (non-hydrogen) atoms. The fourth-order valence-electron chi connectivity index (χ4n) is 4.56. The van der Waals surface area contributed by atoms with E-state index >= 15 is 0 Å². The summed E-state index contributed by atoms with van der Waals surface area (Å²) in [6.07, 6.45) is 5.32. The molecule has 0 unspecified atom stereocenters. The molecule has 1 atom stereocenters. The van der Waals surface area contributed by atoms with Crippen molar-refractivity contribution in [1.82, 2.24) is 4.98 Å². The van der Waals surface area contributed by atoms with Crippen LogP contribution in [-0.2, 0) is 11.2 Å². The Labute approximate surface area is 160 Å². The van der Waals surface area contributed by atoms with Crippen molar-refractivity contribution in [2.45, 2.75) is 64.4 Å². The van der Waals surface area contributed by atoms with Crippen molar-refractivity contribution in [1.29, 1.82) is 0 Å². The number of hydrogen-bond acceptors (Lipinski definition) is 3. The van der Waals surface area contributed by atoms with Crippen LogP contribution in [0.2, 0.25) is 0 Å². The maximum absolute atomic E-state index is 12.8. The van der Waals surface area contributed by atoms with Gasteiger partial charge in [-0.3, -0.25) is 4.79 Å². The Balaban J connectivity index is 1.54. The van der Waals surface area contributed by atoms with E-state index in [1.165, 1.54) is 5.56 Å². The van der Waals surface area contributed by atoms with E-state index in [1.54, 1.807) is 0 Å². The number of ether oxygens (including phenoxy) is 1. The highest BCUT2D eigenvalue weighted by Gasteiger charge is 2.33. The summed E-state index contributed by atoms with van der Waals surface area (Å²) in [5.74, 6) is 0.676. The first-order valence-electron chi connectivity index (χ1n) is 10.0. The Morgan fingerprint density at radius 1 is 1.07 bits per heavy atom. The van der Waals surface area contributed by atoms with Crippen molar-refractivity contribution in [3.05, 3.63) is 58.4 Å². The van der Waals surface area contributed by atoms with Crippen molar-refractivity contribution in [3.8, 4) is 0 Å². The molecule has 4 nitrogen and oxygen atoms in total. The number of H-pyrrole nitrogens is 1. The summed E-state index contributed by atoms with van der Waals surface area (Å²) in [6, 6.07) is 10.1. The van der Waals surface area contributed by atoms with Gasteiger partial charge in [-0.2, -0.15) is 0 Å². The lowest BCUT2D eigenvalue weighted by molar-refractivity contribution is 0.0167. The Morgan fingerprint density at radius 2 is 1.78 bits per heavy atom. The molecule has 2 aliphatic rings. The van der Waals surface area contributed by atoms with Gasteiger partial charge in [-0.15, -0.1) is 0 Å². The number of aromatic amines is 1. The normalized spacial score (nSPS) is 25.1. The Bertz CT molecular complexity index is 844. The maximum Gasteiger partial charge on any atom is 0.355 e. The van der Waals surface area contributed by atoms with Gasteiger partial charge >= 0.3 is 5.97 Å². The average molecular weight is 365 g/mol. The molecule has 1 saturated carbocycles. The zero-order valence-electron chi connectivity index (χ0n) is 16.1. The van der Waals surface area contributed by atoms with Gasteiger partial charge in [0.25, 0.3) is 0 Å². The van der Waals surface area contributed by atoms with Crippen molar-refractivity contribution in [2.75, 3.05) is 0 Å². The lowest BCUT2D eigenvalue weighted by atomic mass is 9.81. The fourth-order valence-corrected chi connectivity index (χ4v) is 4.56. The molecule has 0 aliphatic heterocycles. The minimum atomic E-state index is -0.314.